The number of halogens is 2. The van der Waals surface area contributed by atoms with Crippen molar-refractivity contribution in [2.45, 2.75) is 13.0 Å². The molecule has 1 aromatic heterocycles. The highest BCUT2D eigenvalue weighted by Crippen LogP contribution is 2.24. The topological polar surface area (TPSA) is 51.0 Å². The highest BCUT2D eigenvalue weighted by atomic mass is 79.9. The average Bonchev–Trinajstić information content (AvgIpc) is 3.15. The van der Waals surface area contributed by atoms with E-state index in [1.54, 1.807) is 24.1 Å². The molecule has 5 nitrogen and oxygen atoms in total. The van der Waals surface area contributed by atoms with E-state index in [4.69, 9.17) is 0 Å². The van der Waals surface area contributed by atoms with Crippen LogP contribution in [0.25, 0.3) is 5.69 Å². The Bertz CT molecular complexity index is 881. The minimum Gasteiger partial charge on any atom is -0.335 e. The Morgan fingerprint density at radius 1 is 1.24 bits per heavy atom. The summed E-state index contributed by atoms with van der Waals surface area (Å²) in [4.78, 5) is 18.0. The van der Waals surface area contributed by atoms with Gasteiger partial charge in [-0.1, -0.05) is 28.1 Å². The number of aromatic nitrogens is 3. The number of rotatable bonds is 4. The van der Waals surface area contributed by atoms with Crippen molar-refractivity contribution in [2.75, 3.05) is 7.05 Å². The molecule has 0 unspecified atom stereocenters. The van der Waals surface area contributed by atoms with Gasteiger partial charge in [0, 0.05) is 11.5 Å². The van der Waals surface area contributed by atoms with E-state index in [2.05, 4.69) is 26.0 Å². The second-order valence-electron chi connectivity index (χ2n) is 5.65. The van der Waals surface area contributed by atoms with Crippen LogP contribution in [0.15, 0.2) is 59.6 Å². The molecule has 0 saturated heterocycles. The molecule has 0 saturated carbocycles. The van der Waals surface area contributed by atoms with Gasteiger partial charge in [0.1, 0.15) is 18.5 Å². The van der Waals surface area contributed by atoms with Gasteiger partial charge in [-0.25, -0.2) is 14.1 Å². The molecular weight excluding hydrogens is 387 g/mol. The second kappa shape index (κ2) is 7.14. The standard InChI is InChI=1S/C18H16BrFN4O/c1-12(13-3-6-15(7-4-13)24-11-21-10-22-24)23(2)18(25)16-8-5-14(19)9-17(16)20/h3-12H,1-2H3/t12-/m0/s1. The number of carbonyl (C=O) groups excluding carboxylic acids is 1. The summed E-state index contributed by atoms with van der Waals surface area (Å²) in [6.07, 6.45) is 3.08. The van der Waals surface area contributed by atoms with Crippen molar-refractivity contribution in [1.82, 2.24) is 19.7 Å². The molecule has 3 rings (SSSR count). The lowest BCUT2D eigenvalue weighted by molar-refractivity contribution is 0.0738. The van der Waals surface area contributed by atoms with Crippen molar-refractivity contribution in [3.63, 3.8) is 0 Å². The monoisotopic (exact) mass is 402 g/mol. The van der Waals surface area contributed by atoms with E-state index in [0.29, 0.717) is 4.47 Å². The molecule has 0 aliphatic carbocycles. The van der Waals surface area contributed by atoms with Crippen LogP contribution in [0.2, 0.25) is 0 Å². The van der Waals surface area contributed by atoms with E-state index in [0.717, 1.165) is 11.3 Å². The predicted molar refractivity (Wildman–Crippen MR) is 96.0 cm³/mol. The quantitative estimate of drug-likeness (QED) is 0.662. The normalized spacial score (nSPS) is 12.0. The fraction of sp³-hybridized carbons (Fsp3) is 0.167. The van der Waals surface area contributed by atoms with Gasteiger partial charge in [0.25, 0.3) is 5.91 Å². The Kier molecular flexibility index (Phi) is 4.94. The third kappa shape index (κ3) is 3.61. The second-order valence-corrected chi connectivity index (χ2v) is 6.56. The van der Waals surface area contributed by atoms with Gasteiger partial charge in [-0.2, -0.15) is 5.10 Å². The smallest absolute Gasteiger partial charge is 0.257 e. The van der Waals surface area contributed by atoms with E-state index in [1.165, 1.54) is 23.4 Å². The van der Waals surface area contributed by atoms with E-state index in [-0.39, 0.29) is 17.5 Å². The maximum atomic E-state index is 14.0. The van der Waals surface area contributed by atoms with E-state index in [1.807, 2.05) is 31.2 Å². The zero-order valence-corrected chi connectivity index (χ0v) is 15.3. The van der Waals surface area contributed by atoms with Crippen molar-refractivity contribution >= 4 is 21.8 Å². The summed E-state index contributed by atoms with van der Waals surface area (Å²) in [6, 6.07) is 11.9. The minimum absolute atomic E-state index is 0.0526. The van der Waals surface area contributed by atoms with Gasteiger partial charge in [-0.3, -0.25) is 4.79 Å². The zero-order chi connectivity index (χ0) is 18.0. The Balaban J connectivity index is 1.79. The van der Waals surface area contributed by atoms with Crippen LogP contribution in [0.5, 0.6) is 0 Å². The largest absolute Gasteiger partial charge is 0.335 e. The molecule has 0 fully saturated rings. The number of nitrogens with zero attached hydrogens (tertiary/aromatic N) is 4. The van der Waals surface area contributed by atoms with Crippen LogP contribution >= 0.6 is 15.9 Å². The summed E-state index contributed by atoms with van der Waals surface area (Å²) in [5.41, 5.74) is 1.87. The van der Waals surface area contributed by atoms with Crippen molar-refractivity contribution < 1.29 is 9.18 Å². The van der Waals surface area contributed by atoms with E-state index >= 15 is 0 Å². The molecule has 3 aromatic rings. The first-order valence-electron chi connectivity index (χ1n) is 7.64. The molecule has 25 heavy (non-hydrogen) atoms. The summed E-state index contributed by atoms with van der Waals surface area (Å²) in [7, 11) is 1.67. The Labute approximate surface area is 153 Å². The Hall–Kier alpha value is -2.54. The molecule has 1 atom stereocenters. The lowest BCUT2D eigenvalue weighted by Crippen LogP contribution is -2.30. The summed E-state index contributed by atoms with van der Waals surface area (Å²) >= 11 is 3.19. The van der Waals surface area contributed by atoms with Gasteiger partial charge in [0.2, 0.25) is 0 Å². The van der Waals surface area contributed by atoms with Gasteiger partial charge >= 0.3 is 0 Å². The highest BCUT2D eigenvalue weighted by Gasteiger charge is 2.21. The molecule has 0 aliphatic heterocycles. The summed E-state index contributed by atoms with van der Waals surface area (Å²) < 4.78 is 16.3. The number of amides is 1. The van der Waals surface area contributed by atoms with Crippen LogP contribution in [0, 0.1) is 5.82 Å². The average molecular weight is 403 g/mol. The fourth-order valence-electron chi connectivity index (χ4n) is 2.50. The maximum Gasteiger partial charge on any atom is 0.257 e. The lowest BCUT2D eigenvalue weighted by atomic mass is 10.1. The first-order valence-corrected chi connectivity index (χ1v) is 8.44. The van der Waals surface area contributed by atoms with Crippen LogP contribution in [0.3, 0.4) is 0 Å². The van der Waals surface area contributed by atoms with Crippen LogP contribution in [0.4, 0.5) is 4.39 Å². The predicted octanol–water partition coefficient (Wildman–Crippen LogP) is 4.00. The molecule has 0 spiro atoms. The highest BCUT2D eigenvalue weighted by molar-refractivity contribution is 9.10. The lowest BCUT2D eigenvalue weighted by Gasteiger charge is -2.26. The molecule has 0 bridgehead atoms. The van der Waals surface area contributed by atoms with Crippen LogP contribution in [-0.4, -0.2) is 32.6 Å². The fourth-order valence-corrected chi connectivity index (χ4v) is 2.83. The summed E-state index contributed by atoms with van der Waals surface area (Å²) in [6.45, 7) is 1.90. The molecule has 1 amide bonds. The van der Waals surface area contributed by atoms with Gasteiger partial charge in [0.15, 0.2) is 0 Å². The van der Waals surface area contributed by atoms with E-state index in [9.17, 15) is 9.18 Å². The number of hydrogen-bond donors (Lipinski definition) is 0. The summed E-state index contributed by atoms with van der Waals surface area (Å²) in [5, 5.41) is 4.08. The zero-order valence-electron chi connectivity index (χ0n) is 13.7. The minimum atomic E-state index is -0.542. The molecule has 1 heterocycles. The number of hydrogen-bond acceptors (Lipinski definition) is 3. The van der Waals surface area contributed by atoms with Gasteiger partial charge < -0.3 is 4.90 Å². The van der Waals surface area contributed by atoms with Gasteiger partial charge in [-0.05, 0) is 42.8 Å². The van der Waals surface area contributed by atoms with Crippen molar-refractivity contribution in [3.05, 3.63) is 76.5 Å². The first-order chi connectivity index (χ1) is 12.0. The Morgan fingerprint density at radius 3 is 2.56 bits per heavy atom. The van der Waals surface area contributed by atoms with Crippen LogP contribution < -0.4 is 0 Å². The van der Waals surface area contributed by atoms with Crippen molar-refractivity contribution in [3.8, 4) is 5.69 Å². The van der Waals surface area contributed by atoms with Crippen LogP contribution in [-0.2, 0) is 0 Å². The molecule has 2 aromatic carbocycles. The number of benzene rings is 2. The van der Waals surface area contributed by atoms with Crippen molar-refractivity contribution in [2.24, 2.45) is 0 Å². The molecule has 0 N–H and O–H groups in total. The molecule has 128 valence electrons. The van der Waals surface area contributed by atoms with Gasteiger partial charge in [0.05, 0.1) is 17.3 Å². The molecule has 0 aliphatic rings. The number of carbonyl (C=O) groups is 1. The maximum absolute atomic E-state index is 14.0. The molecule has 0 radical (unpaired) electrons. The first kappa shape index (κ1) is 17.3. The van der Waals surface area contributed by atoms with Crippen LogP contribution in [0.1, 0.15) is 28.9 Å². The van der Waals surface area contributed by atoms with Crippen molar-refractivity contribution in [1.29, 1.82) is 0 Å². The molecule has 7 heteroatoms. The molecular formula is C18H16BrFN4O. The Morgan fingerprint density at radius 2 is 1.96 bits per heavy atom. The third-order valence-corrected chi connectivity index (χ3v) is 4.61. The van der Waals surface area contributed by atoms with E-state index < -0.39 is 5.82 Å². The van der Waals surface area contributed by atoms with Gasteiger partial charge in [-0.15, -0.1) is 0 Å². The third-order valence-electron chi connectivity index (χ3n) is 4.12. The summed E-state index contributed by atoms with van der Waals surface area (Å²) in [5.74, 6) is -0.905. The SMILES string of the molecule is C[C@@H](c1ccc(-n2cncn2)cc1)N(C)C(=O)c1ccc(Br)cc1F.